The number of rotatable bonds is 29. The number of carbonyl (C=O) groups is 6. The first kappa shape index (κ1) is 55.7. The Bertz CT molecular complexity index is 2960. The zero-order valence-corrected chi connectivity index (χ0v) is 42.7. The average molecular weight is 1030 g/mol. The van der Waals surface area contributed by atoms with Gasteiger partial charge in [-0.3, -0.25) is 38.1 Å². The van der Waals surface area contributed by atoms with Crippen LogP contribution in [-0.2, 0) is 73.5 Å². The molecule has 7 N–H and O–H groups in total. The number of nitrogens with zero attached hydrogens (tertiary/aromatic N) is 10. The minimum Gasteiger partial charge on any atom is -0.377 e. The van der Waals surface area contributed by atoms with Crippen molar-refractivity contribution in [1.29, 1.82) is 0 Å². The van der Waals surface area contributed by atoms with E-state index < -0.39 is 41.5 Å². The molecular formula is C49H66N14O11. The van der Waals surface area contributed by atoms with Gasteiger partial charge in [-0.05, 0) is 89.1 Å². The number of imidazole rings is 2. The number of carbonyl (C=O) groups excluding carboxylic acids is 6. The lowest BCUT2D eigenvalue weighted by Gasteiger charge is -2.19. The summed E-state index contributed by atoms with van der Waals surface area (Å²) in [4.78, 5) is 85.7. The molecule has 0 saturated carbocycles. The van der Waals surface area contributed by atoms with Crippen molar-refractivity contribution in [2.45, 2.75) is 72.8 Å². The van der Waals surface area contributed by atoms with Gasteiger partial charge >= 0.3 is 0 Å². The maximum atomic E-state index is 13.9. The predicted molar refractivity (Wildman–Crippen MR) is 268 cm³/mol. The molecule has 0 aliphatic heterocycles. The second-order valence-electron chi connectivity index (χ2n) is 17.2. The number of aromatic nitrogens is 8. The van der Waals surface area contributed by atoms with E-state index in [2.05, 4.69) is 25.5 Å². The molecule has 4 heterocycles. The van der Waals surface area contributed by atoms with Crippen LogP contribution in [0.2, 0.25) is 0 Å². The van der Waals surface area contributed by atoms with Gasteiger partial charge < -0.3 is 64.5 Å². The van der Waals surface area contributed by atoms with E-state index in [-0.39, 0.29) is 87.9 Å². The van der Waals surface area contributed by atoms with Crippen LogP contribution in [0.25, 0.3) is 22.1 Å². The van der Waals surface area contributed by atoms with Gasteiger partial charge in [0, 0.05) is 57.9 Å². The Morgan fingerprint density at radius 2 is 1.03 bits per heavy atom. The van der Waals surface area contributed by atoms with Gasteiger partial charge in [-0.2, -0.15) is 20.2 Å². The van der Waals surface area contributed by atoms with Crippen LogP contribution >= 0.6 is 0 Å². The number of fused-ring (bicyclic) bond motifs is 2. The molecule has 4 aromatic heterocycles. The molecule has 0 saturated heterocycles. The summed E-state index contributed by atoms with van der Waals surface area (Å²) in [5, 5.41) is 11.7. The first-order valence-corrected chi connectivity index (χ1v) is 24.2. The van der Waals surface area contributed by atoms with Crippen LogP contribution in [0.3, 0.4) is 0 Å². The van der Waals surface area contributed by atoms with Crippen molar-refractivity contribution in [3.63, 3.8) is 0 Å². The fraction of sp³-hybridized carbons (Fsp3) is 0.469. The molecule has 6 rings (SSSR count). The van der Waals surface area contributed by atoms with E-state index in [0.717, 1.165) is 0 Å². The third kappa shape index (κ3) is 14.3. The van der Waals surface area contributed by atoms with Gasteiger partial charge in [-0.1, -0.05) is 0 Å². The van der Waals surface area contributed by atoms with Crippen LogP contribution < -0.4 is 33.8 Å². The Hall–Kier alpha value is -7.58. The second-order valence-corrected chi connectivity index (χ2v) is 17.2. The summed E-state index contributed by atoms with van der Waals surface area (Å²) in [5.74, 6) is -3.24. The number of benzene rings is 2. The summed E-state index contributed by atoms with van der Waals surface area (Å²) >= 11 is 0. The van der Waals surface area contributed by atoms with E-state index in [1.165, 1.54) is 0 Å². The van der Waals surface area contributed by atoms with Crippen molar-refractivity contribution in [2.24, 2.45) is 41.3 Å². The number of nitrogens with two attached hydrogens (primary N) is 3. The van der Waals surface area contributed by atoms with E-state index in [4.69, 9.17) is 40.9 Å². The lowest BCUT2D eigenvalue weighted by molar-refractivity contribution is -0.128. The van der Waals surface area contributed by atoms with Crippen LogP contribution in [0, 0.1) is 13.8 Å². The molecule has 0 unspecified atom stereocenters. The average Bonchev–Trinajstić information content (AvgIpc) is 4.10. The smallest absolute Gasteiger partial charge is 0.298 e. The van der Waals surface area contributed by atoms with Crippen LogP contribution in [0.5, 0.6) is 0 Å². The van der Waals surface area contributed by atoms with Gasteiger partial charge in [0.2, 0.25) is 34.9 Å². The zero-order chi connectivity index (χ0) is 53.5. The molecule has 0 atom stereocenters. The number of primary amides is 3. The number of ether oxygens (including phenoxy) is 5. The highest BCUT2D eigenvalue weighted by Gasteiger charge is 2.22. The van der Waals surface area contributed by atoms with Crippen LogP contribution in [0.4, 0.5) is 0 Å². The summed E-state index contributed by atoms with van der Waals surface area (Å²) in [7, 11) is 3.47. The molecule has 0 aliphatic rings. The first-order chi connectivity index (χ1) is 35.5. The Morgan fingerprint density at radius 1 is 0.595 bits per heavy atom. The highest BCUT2D eigenvalue weighted by atomic mass is 16.6. The molecule has 0 aliphatic carbocycles. The SMILES string of the molecule is CCn1nc(C)cc1C(=O)N=c1n(C)c2cc(C(N)=O)ccc2n1CCC(CCn1c(=NC(=O)c2cc(C)nn2CC)n(C)c2cc(C(N)=O)ccc21)OCC(=O)NCCOCCOCCOCCOCC(N)=O. The largest absolute Gasteiger partial charge is 0.377 e. The molecule has 0 fully saturated rings. The predicted octanol–water partition coefficient (Wildman–Crippen LogP) is 0.536. The maximum Gasteiger partial charge on any atom is 0.298 e. The molecule has 2 aromatic carbocycles. The molecular weight excluding hydrogens is 961 g/mol. The minimum absolute atomic E-state index is 0.163. The molecule has 25 heteroatoms. The lowest BCUT2D eigenvalue weighted by Crippen LogP contribution is -2.34. The van der Waals surface area contributed by atoms with E-state index in [1.54, 1.807) is 95.0 Å². The van der Waals surface area contributed by atoms with Gasteiger partial charge in [0.05, 0.1) is 85.8 Å². The molecule has 6 amide bonds. The number of nitrogens with one attached hydrogen (secondary N) is 1. The number of aryl methyl sites for hydroxylation is 8. The van der Waals surface area contributed by atoms with E-state index in [1.807, 2.05) is 23.0 Å². The normalized spacial score (nSPS) is 12.6. The van der Waals surface area contributed by atoms with E-state index >= 15 is 0 Å². The zero-order valence-electron chi connectivity index (χ0n) is 42.7. The standard InChI is InChI=1S/C49H66N14O11/c1-7-62-40(25-31(3)56-62)46(68)54-48-58(5)38-27-33(44(51)66)9-11-36(38)60(48)16-13-35(74-30-43(65)53-15-18-70-19-20-71-21-22-72-23-24-73-29-42(50)64)14-17-61-37-12-10-34(45(52)67)28-39(37)59(6)49(61)55-47(69)41-26-32(4)57-63(41)8-2/h9-12,25-28,35H,7-8,13-24,29-30H2,1-6H3,(H2,50,64)(H2,51,66)(H2,52,67)(H,53,65). The second kappa shape index (κ2) is 26.4. The van der Waals surface area contributed by atoms with Gasteiger partial charge in [0.1, 0.15) is 24.6 Å². The van der Waals surface area contributed by atoms with Gasteiger partial charge in [0.25, 0.3) is 11.8 Å². The van der Waals surface area contributed by atoms with Crippen molar-refractivity contribution in [1.82, 2.24) is 43.1 Å². The van der Waals surface area contributed by atoms with Crippen LogP contribution in [0.1, 0.15) is 79.8 Å². The number of hydrogen-bond acceptors (Lipinski definition) is 13. The quantitative estimate of drug-likeness (QED) is 0.0467. The van der Waals surface area contributed by atoms with Crippen molar-refractivity contribution in [3.8, 4) is 0 Å². The van der Waals surface area contributed by atoms with Gasteiger partial charge in [0.15, 0.2) is 0 Å². The lowest BCUT2D eigenvalue weighted by atomic mass is 10.1. The highest BCUT2D eigenvalue weighted by molar-refractivity contribution is 5.98. The third-order valence-corrected chi connectivity index (χ3v) is 11.9. The Morgan fingerprint density at radius 3 is 1.45 bits per heavy atom. The molecule has 0 radical (unpaired) electrons. The maximum absolute atomic E-state index is 13.9. The first-order valence-electron chi connectivity index (χ1n) is 24.2. The Kier molecular flexibility index (Phi) is 19.9. The molecule has 0 spiro atoms. The van der Waals surface area contributed by atoms with E-state index in [0.29, 0.717) is 84.4 Å². The van der Waals surface area contributed by atoms with Gasteiger partial charge in [-0.25, -0.2) is 0 Å². The Balaban J connectivity index is 1.24. The third-order valence-electron chi connectivity index (χ3n) is 11.9. The fourth-order valence-corrected chi connectivity index (χ4v) is 8.26. The van der Waals surface area contributed by atoms with Gasteiger partial charge in [-0.15, -0.1) is 0 Å². The summed E-state index contributed by atoms with van der Waals surface area (Å²) in [6.07, 6.45) is -0.0698. The highest BCUT2D eigenvalue weighted by Crippen LogP contribution is 2.20. The van der Waals surface area contributed by atoms with Crippen molar-refractivity contribution >= 4 is 57.5 Å². The molecule has 6 aromatic rings. The van der Waals surface area contributed by atoms with Crippen LogP contribution in [-0.4, -0.2) is 145 Å². The summed E-state index contributed by atoms with van der Waals surface area (Å²) < 4.78 is 38.2. The molecule has 25 nitrogen and oxygen atoms in total. The summed E-state index contributed by atoms with van der Waals surface area (Å²) in [6, 6.07) is 13.3. The number of amides is 6. The fourth-order valence-electron chi connectivity index (χ4n) is 8.26. The summed E-state index contributed by atoms with van der Waals surface area (Å²) in [5.41, 5.74) is 21.9. The van der Waals surface area contributed by atoms with Crippen molar-refractivity contribution in [3.05, 3.63) is 93.7 Å². The topological polar surface area (TPSA) is 319 Å². The molecule has 0 bridgehead atoms. The monoisotopic (exact) mass is 1030 g/mol. The van der Waals surface area contributed by atoms with Crippen LogP contribution in [0.15, 0.2) is 58.5 Å². The van der Waals surface area contributed by atoms with Crippen molar-refractivity contribution in [2.75, 3.05) is 66.0 Å². The van der Waals surface area contributed by atoms with Crippen molar-refractivity contribution < 1.29 is 52.5 Å². The molecule has 398 valence electrons. The Labute approximate surface area is 425 Å². The number of hydrogen-bond donors (Lipinski definition) is 4. The summed E-state index contributed by atoms with van der Waals surface area (Å²) in [6.45, 7) is 10.4. The minimum atomic E-state index is -0.637. The van der Waals surface area contributed by atoms with E-state index in [9.17, 15) is 28.8 Å². The molecule has 74 heavy (non-hydrogen) atoms.